The lowest BCUT2D eigenvalue weighted by atomic mass is 10.1. The molecule has 1 fully saturated rings. The first-order chi connectivity index (χ1) is 11.1. The Labute approximate surface area is 144 Å². The first-order valence-electron chi connectivity index (χ1n) is 8.05. The number of aryl methyl sites for hydroxylation is 1. The van der Waals surface area contributed by atoms with Crippen LogP contribution in [0.3, 0.4) is 0 Å². The number of piperazine rings is 1. The van der Waals surface area contributed by atoms with Gasteiger partial charge in [-0.05, 0) is 49.3 Å². The van der Waals surface area contributed by atoms with Crippen LogP contribution < -0.4 is 14.8 Å². The van der Waals surface area contributed by atoms with Crippen LogP contribution >= 0.6 is 12.2 Å². The molecule has 0 aromatic heterocycles. The number of nitrogens with zero attached hydrogens (tertiary/aromatic N) is 2. The molecular weight excluding hydrogens is 310 g/mol. The average Bonchev–Trinajstić information content (AvgIpc) is 2.57. The van der Waals surface area contributed by atoms with Gasteiger partial charge in [-0.3, -0.25) is 4.90 Å². The first-order valence-corrected chi connectivity index (χ1v) is 8.46. The van der Waals surface area contributed by atoms with E-state index in [-0.39, 0.29) is 0 Å². The van der Waals surface area contributed by atoms with Crippen molar-refractivity contribution < 1.29 is 9.47 Å². The number of benzene rings is 1. The highest BCUT2D eigenvalue weighted by Gasteiger charge is 2.19. The van der Waals surface area contributed by atoms with Gasteiger partial charge >= 0.3 is 0 Å². The van der Waals surface area contributed by atoms with Crippen molar-refractivity contribution in [1.82, 2.24) is 15.1 Å². The molecule has 1 N–H and O–H groups in total. The second kappa shape index (κ2) is 8.36. The molecular formula is C17H27N3O2S. The third-order valence-corrected chi connectivity index (χ3v) is 4.63. The largest absolute Gasteiger partial charge is 0.493 e. The third-order valence-electron chi connectivity index (χ3n) is 4.22. The molecule has 0 bridgehead atoms. The van der Waals surface area contributed by atoms with E-state index in [0.29, 0.717) is 0 Å². The van der Waals surface area contributed by atoms with Gasteiger partial charge in [0.1, 0.15) is 0 Å². The number of rotatable bonds is 5. The lowest BCUT2D eigenvalue weighted by Crippen LogP contribution is -2.51. The molecule has 0 unspecified atom stereocenters. The molecule has 6 heteroatoms. The number of nitrogens with one attached hydrogen (secondary N) is 1. The van der Waals surface area contributed by atoms with Crippen molar-refractivity contribution in [2.45, 2.75) is 20.4 Å². The second-order valence-corrected chi connectivity index (χ2v) is 6.12. The minimum absolute atomic E-state index is 0.787. The summed E-state index contributed by atoms with van der Waals surface area (Å²) in [6.07, 6.45) is 0. The Balaban J connectivity index is 1.97. The predicted molar refractivity (Wildman–Crippen MR) is 97.4 cm³/mol. The molecule has 1 saturated heterocycles. The fraction of sp³-hybridized carbons (Fsp3) is 0.588. The summed E-state index contributed by atoms with van der Waals surface area (Å²) < 4.78 is 10.8. The highest BCUT2D eigenvalue weighted by Crippen LogP contribution is 2.30. The van der Waals surface area contributed by atoms with Crippen LogP contribution in [0.15, 0.2) is 12.1 Å². The molecule has 2 rings (SSSR count). The molecule has 5 nitrogen and oxygen atoms in total. The van der Waals surface area contributed by atoms with Crippen LogP contribution in [-0.2, 0) is 6.54 Å². The summed E-state index contributed by atoms with van der Waals surface area (Å²) in [5.74, 6) is 1.58. The standard InChI is InChI=1S/C17H27N3O2S/c1-5-18-17(23)20-8-6-19(7-9-20)12-14-11-16(22-4)15(21-3)10-13(14)2/h10-11H,5-9,12H2,1-4H3,(H,18,23). The van der Waals surface area contributed by atoms with Crippen LogP contribution in [0.1, 0.15) is 18.1 Å². The zero-order valence-electron chi connectivity index (χ0n) is 14.5. The zero-order chi connectivity index (χ0) is 16.8. The van der Waals surface area contributed by atoms with E-state index in [1.807, 2.05) is 6.07 Å². The van der Waals surface area contributed by atoms with E-state index < -0.39 is 0 Å². The molecule has 0 radical (unpaired) electrons. The Morgan fingerprint density at radius 2 is 1.74 bits per heavy atom. The highest BCUT2D eigenvalue weighted by atomic mass is 32.1. The van der Waals surface area contributed by atoms with Crippen molar-refractivity contribution in [3.63, 3.8) is 0 Å². The van der Waals surface area contributed by atoms with Crippen LogP contribution in [0.4, 0.5) is 0 Å². The molecule has 1 aliphatic rings. The molecule has 0 amide bonds. The Morgan fingerprint density at radius 1 is 1.13 bits per heavy atom. The lowest BCUT2D eigenvalue weighted by molar-refractivity contribution is 0.174. The fourth-order valence-corrected chi connectivity index (χ4v) is 3.13. The average molecular weight is 337 g/mol. The zero-order valence-corrected chi connectivity index (χ0v) is 15.3. The topological polar surface area (TPSA) is 37.0 Å². The van der Waals surface area contributed by atoms with Gasteiger partial charge in [0.15, 0.2) is 16.6 Å². The van der Waals surface area contributed by atoms with Gasteiger partial charge in [0, 0.05) is 39.3 Å². The van der Waals surface area contributed by atoms with Crippen molar-refractivity contribution in [3.05, 3.63) is 23.3 Å². The maximum Gasteiger partial charge on any atom is 0.169 e. The van der Waals surface area contributed by atoms with Gasteiger partial charge in [-0.1, -0.05) is 0 Å². The smallest absolute Gasteiger partial charge is 0.169 e. The Bertz CT molecular complexity index is 543. The van der Waals surface area contributed by atoms with E-state index in [0.717, 1.165) is 55.9 Å². The highest BCUT2D eigenvalue weighted by molar-refractivity contribution is 7.80. The molecule has 1 heterocycles. The number of ether oxygens (including phenoxy) is 2. The van der Waals surface area contributed by atoms with E-state index in [1.165, 1.54) is 11.1 Å². The monoisotopic (exact) mass is 337 g/mol. The Morgan fingerprint density at radius 3 is 2.30 bits per heavy atom. The summed E-state index contributed by atoms with van der Waals surface area (Å²) in [7, 11) is 3.35. The van der Waals surface area contributed by atoms with Crippen LogP contribution in [-0.4, -0.2) is 61.9 Å². The van der Waals surface area contributed by atoms with Crippen molar-refractivity contribution >= 4 is 17.3 Å². The molecule has 1 aliphatic heterocycles. The van der Waals surface area contributed by atoms with Gasteiger partial charge in [0.2, 0.25) is 0 Å². The van der Waals surface area contributed by atoms with E-state index in [4.69, 9.17) is 21.7 Å². The summed E-state index contributed by atoms with van der Waals surface area (Å²) in [6, 6.07) is 4.13. The number of hydrogen-bond acceptors (Lipinski definition) is 4. The Hall–Kier alpha value is -1.53. The third kappa shape index (κ3) is 4.48. The molecule has 0 saturated carbocycles. The Kier molecular flexibility index (Phi) is 6.47. The van der Waals surface area contributed by atoms with E-state index in [1.54, 1.807) is 14.2 Å². The quantitative estimate of drug-likeness (QED) is 0.829. The predicted octanol–water partition coefficient (Wildman–Crippen LogP) is 2.02. The molecule has 1 aromatic rings. The van der Waals surface area contributed by atoms with Crippen LogP contribution in [0.2, 0.25) is 0 Å². The molecule has 23 heavy (non-hydrogen) atoms. The van der Waals surface area contributed by atoms with Crippen LogP contribution in [0.25, 0.3) is 0 Å². The SMILES string of the molecule is CCNC(=S)N1CCN(Cc2cc(OC)c(OC)cc2C)CC1. The van der Waals surface area contributed by atoms with Gasteiger partial charge < -0.3 is 19.7 Å². The molecule has 128 valence electrons. The minimum atomic E-state index is 0.787. The van der Waals surface area contributed by atoms with E-state index in [9.17, 15) is 0 Å². The number of hydrogen-bond donors (Lipinski definition) is 1. The first kappa shape index (κ1) is 17.8. The lowest BCUT2D eigenvalue weighted by Gasteiger charge is -2.36. The van der Waals surface area contributed by atoms with Crippen LogP contribution in [0.5, 0.6) is 11.5 Å². The summed E-state index contributed by atoms with van der Waals surface area (Å²) in [5.41, 5.74) is 2.51. The minimum Gasteiger partial charge on any atom is -0.493 e. The number of thiocarbonyl (C=S) groups is 1. The van der Waals surface area contributed by atoms with Crippen molar-refractivity contribution in [2.24, 2.45) is 0 Å². The number of methoxy groups -OCH3 is 2. The molecule has 1 aromatic carbocycles. The summed E-state index contributed by atoms with van der Waals surface area (Å²) >= 11 is 5.39. The van der Waals surface area contributed by atoms with Crippen molar-refractivity contribution in [1.29, 1.82) is 0 Å². The van der Waals surface area contributed by atoms with Gasteiger partial charge in [0.25, 0.3) is 0 Å². The van der Waals surface area contributed by atoms with Gasteiger partial charge in [-0.2, -0.15) is 0 Å². The van der Waals surface area contributed by atoms with Gasteiger partial charge in [0.05, 0.1) is 14.2 Å². The molecule has 0 spiro atoms. The van der Waals surface area contributed by atoms with Gasteiger partial charge in [-0.25, -0.2) is 0 Å². The molecule has 0 atom stereocenters. The summed E-state index contributed by atoms with van der Waals surface area (Å²) in [4.78, 5) is 4.70. The second-order valence-electron chi connectivity index (χ2n) is 5.73. The van der Waals surface area contributed by atoms with E-state index >= 15 is 0 Å². The van der Waals surface area contributed by atoms with E-state index in [2.05, 4.69) is 35.0 Å². The fourth-order valence-electron chi connectivity index (χ4n) is 2.81. The van der Waals surface area contributed by atoms with Crippen molar-refractivity contribution in [2.75, 3.05) is 46.9 Å². The van der Waals surface area contributed by atoms with Crippen LogP contribution in [0, 0.1) is 6.92 Å². The summed E-state index contributed by atoms with van der Waals surface area (Å²) in [6.45, 7) is 9.96. The van der Waals surface area contributed by atoms with Gasteiger partial charge in [-0.15, -0.1) is 0 Å². The normalized spacial score (nSPS) is 15.4. The summed E-state index contributed by atoms with van der Waals surface area (Å²) in [5, 5.41) is 4.09. The van der Waals surface area contributed by atoms with Crippen molar-refractivity contribution in [3.8, 4) is 11.5 Å². The maximum atomic E-state index is 5.42. The maximum absolute atomic E-state index is 5.42. The molecule has 0 aliphatic carbocycles.